The average molecular weight is 344 g/mol. The maximum absolute atomic E-state index is 12.4. The lowest BCUT2D eigenvalue weighted by atomic mass is 9.87. The monoisotopic (exact) mass is 344 g/mol. The minimum Gasteiger partial charge on any atom is -0.325 e. The molecule has 5 nitrogen and oxygen atoms in total. The largest absolute Gasteiger partial charge is 0.325 e. The molecule has 1 fully saturated rings. The SMILES string of the molecule is C[C@H](Sc1nncn1C1CC1)C(=O)Nc1ccc(C(C)(C)C)cc1. The van der Waals surface area contributed by atoms with Crippen LogP contribution in [0, 0.1) is 0 Å². The van der Waals surface area contributed by atoms with E-state index in [0.717, 1.165) is 10.8 Å². The Kier molecular flexibility index (Phi) is 4.67. The molecule has 1 aromatic heterocycles. The van der Waals surface area contributed by atoms with Gasteiger partial charge < -0.3 is 9.88 Å². The van der Waals surface area contributed by atoms with Crippen LogP contribution in [-0.2, 0) is 10.2 Å². The summed E-state index contributed by atoms with van der Waals surface area (Å²) in [6, 6.07) is 8.57. The predicted molar refractivity (Wildman–Crippen MR) is 97.4 cm³/mol. The summed E-state index contributed by atoms with van der Waals surface area (Å²) in [5.74, 6) is -0.0196. The Morgan fingerprint density at radius 2 is 1.96 bits per heavy atom. The third-order valence-corrected chi connectivity index (χ3v) is 5.22. The summed E-state index contributed by atoms with van der Waals surface area (Å²) in [4.78, 5) is 12.4. The van der Waals surface area contributed by atoms with Crippen molar-refractivity contribution < 1.29 is 4.79 Å². The zero-order valence-electron chi connectivity index (χ0n) is 14.6. The van der Waals surface area contributed by atoms with E-state index in [4.69, 9.17) is 0 Å². The Morgan fingerprint density at radius 3 is 2.54 bits per heavy atom. The van der Waals surface area contributed by atoms with Crippen LogP contribution in [0.4, 0.5) is 5.69 Å². The van der Waals surface area contributed by atoms with Crippen LogP contribution in [-0.4, -0.2) is 25.9 Å². The van der Waals surface area contributed by atoms with Gasteiger partial charge in [-0.2, -0.15) is 0 Å². The quantitative estimate of drug-likeness (QED) is 0.832. The second kappa shape index (κ2) is 6.59. The van der Waals surface area contributed by atoms with Gasteiger partial charge in [0.2, 0.25) is 5.91 Å². The summed E-state index contributed by atoms with van der Waals surface area (Å²) in [5.41, 5.74) is 2.18. The topological polar surface area (TPSA) is 59.8 Å². The second-order valence-corrected chi connectivity index (χ2v) is 8.64. The molecule has 0 radical (unpaired) electrons. The minimum atomic E-state index is -0.228. The highest BCUT2D eigenvalue weighted by Gasteiger charge is 2.28. The van der Waals surface area contributed by atoms with Crippen LogP contribution < -0.4 is 5.32 Å². The Balaban J connectivity index is 1.60. The average Bonchev–Trinajstić information content (AvgIpc) is 3.27. The number of hydrogen-bond donors (Lipinski definition) is 1. The number of anilines is 1. The molecular formula is C18H24N4OS. The highest BCUT2D eigenvalue weighted by atomic mass is 32.2. The molecule has 1 aliphatic rings. The molecule has 0 unspecified atom stereocenters. The molecule has 0 aliphatic heterocycles. The van der Waals surface area contributed by atoms with Crippen molar-refractivity contribution in [1.29, 1.82) is 0 Å². The van der Waals surface area contributed by atoms with Crippen molar-refractivity contribution in [1.82, 2.24) is 14.8 Å². The summed E-state index contributed by atoms with van der Waals surface area (Å²) in [6.45, 7) is 8.43. The van der Waals surface area contributed by atoms with E-state index in [1.807, 2.05) is 19.1 Å². The number of carbonyl (C=O) groups excluding carboxylic acids is 1. The van der Waals surface area contributed by atoms with Gasteiger partial charge in [0.25, 0.3) is 0 Å². The maximum Gasteiger partial charge on any atom is 0.237 e. The summed E-state index contributed by atoms with van der Waals surface area (Å²) < 4.78 is 2.08. The molecular weight excluding hydrogens is 320 g/mol. The van der Waals surface area contributed by atoms with Crippen molar-refractivity contribution >= 4 is 23.4 Å². The predicted octanol–water partition coefficient (Wildman–Crippen LogP) is 4.03. The normalized spacial score (nSPS) is 16.0. The smallest absolute Gasteiger partial charge is 0.237 e. The van der Waals surface area contributed by atoms with Crippen molar-refractivity contribution in [2.45, 2.75) is 62.4 Å². The molecule has 1 atom stereocenters. The third-order valence-electron chi connectivity index (χ3n) is 4.15. The molecule has 3 rings (SSSR count). The Hall–Kier alpha value is -1.82. The van der Waals surface area contributed by atoms with Crippen molar-refractivity contribution in [3.8, 4) is 0 Å². The molecule has 1 heterocycles. The van der Waals surface area contributed by atoms with Gasteiger partial charge >= 0.3 is 0 Å². The lowest BCUT2D eigenvalue weighted by molar-refractivity contribution is -0.115. The first kappa shape index (κ1) is 17.0. The molecule has 0 saturated heterocycles. The van der Waals surface area contributed by atoms with Gasteiger partial charge in [0.15, 0.2) is 5.16 Å². The van der Waals surface area contributed by atoms with Gasteiger partial charge in [-0.3, -0.25) is 4.79 Å². The molecule has 0 spiro atoms. The first-order valence-corrected chi connectivity index (χ1v) is 9.20. The number of amides is 1. The molecule has 1 aromatic carbocycles. The molecule has 6 heteroatoms. The van der Waals surface area contributed by atoms with Gasteiger partial charge in [-0.25, -0.2) is 0 Å². The van der Waals surface area contributed by atoms with Crippen molar-refractivity contribution in [3.05, 3.63) is 36.2 Å². The molecule has 1 amide bonds. The summed E-state index contributed by atoms with van der Waals surface area (Å²) in [6.07, 6.45) is 4.11. The van der Waals surface area contributed by atoms with Gasteiger partial charge in [0, 0.05) is 11.7 Å². The summed E-state index contributed by atoms with van der Waals surface area (Å²) in [5, 5.41) is 11.7. The van der Waals surface area contributed by atoms with E-state index in [9.17, 15) is 4.79 Å². The molecule has 0 bridgehead atoms. The van der Waals surface area contributed by atoms with E-state index < -0.39 is 0 Å². The first-order chi connectivity index (χ1) is 11.3. The Bertz CT molecular complexity index is 713. The summed E-state index contributed by atoms with van der Waals surface area (Å²) in [7, 11) is 0. The van der Waals surface area contributed by atoms with Crippen LogP contribution >= 0.6 is 11.8 Å². The van der Waals surface area contributed by atoms with Gasteiger partial charge in [-0.1, -0.05) is 44.7 Å². The third kappa shape index (κ3) is 3.98. The highest BCUT2D eigenvalue weighted by Crippen LogP contribution is 2.38. The van der Waals surface area contributed by atoms with Gasteiger partial charge in [0.05, 0.1) is 5.25 Å². The van der Waals surface area contributed by atoms with Crippen LogP contribution in [0.1, 0.15) is 52.1 Å². The van der Waals surface area contributed by atoms with Crippen LogP contribution in [0.2, 0.25) is 0 Å². The van der Waals surface area contributed by atoms with Gasteiger partial charge in [0.1, 0.15) is 6.33 Å². The van der Waals surface area contributed by atoms with Crippen LogP contribution in [0.5, 0.6) is 0 Å². The fraction of sp³-hybridized carbons (Fsp3) is 0.500. The van der Waals surface area contributed by atoms with E-state index in [1.54, 1.807) is 6.33 Å². The molecule has 1 aliphatic carbocycles. The van der Waals surface area contributed by atoms with Crippen LogP contribution in [0.25, 0.3) is 0 Å². The molecule has 1 saturated carbocycles. The lowest BCUT2D eigenvalue weighted by Crippen LogP contribution is -2.23. The highest BCUT2D eigenvalue weighted by molar-refractivity contribution is 8.00. The van der Waals surface area contributed by atoms with Crippen LogP contribution in [0.3, 0.4) is 0 Å². The van der Waals surface area contributed by atoms with E-state index in [1.165, 1.54) is 30.2 Å². The molecule has 24 heavy (non-hydrogen) atoms. The zero-order valence-corrected chi connectivity index (χ0v) is 15.4. The second-order valence-electron chi connectivity index (χ2n) is 7.33. The van der Waals surface area contributed by atoms with E-state index in [2.05, 4.69) is 53.0 Å². The minimum absolute atomic E-state index is 0.0196. The van der Waals surface area contributed by atoms with E-state index in [-0.39, 0.29) is 16.6 Å². The number of thioether (sulfide) groups is 1. The Morgan fingerprint density at radius 1 is 1.29 bits per heavy atom. The van der Waals surface area contributed by atoms with Crippen molar-refractivity contribution in [2.24, 2.45) is 0 Å². The fourth-order valence-electron chi connectivity index (χ4n) is 2.43. The standard InChI is InChI=1S/C18H24N4OS/c1-12(24-17-21-19-11-22(17)15-9-10-15)16(23)20-14-7-5-13(6-8-14)18(2,3)4/h5-8,11-12,15H,9-10H2,1-4H3,(H,20,23)/t12-/m0/s1. The van der Waals surface area contributed by atoms with Crippen molar-refractivity contribution in [3.63, 3.8) is 0 Å². The number of nitrogens with one attached hydrogen (secondary N) is 1. The lowest BCUT2D eigenvalue weighted by Gasteiger charge is -2.19. The maximum atomic E-state index is 12.4. The number of aromatic nitrogens is 3. The number of hydrogen-bond acceptors (Lipinski definition) is 4. The zero-order chi connectivity index (χ0) is 17.3. The van der Waals surface area contributed by atoms with Gasteiger partial charge in [-0.15, -0.1) is 10.2 Å². The van der Waals surface area contributed by atoms with E-state index in [0.29, 0.717) is 6.04 Å². The van der Waals surface area contributed by atoms with Crippen molar-refractivity contribution in [2.75, 3.05) is 5.32 Å². The molecule has 1 N–H and O–H groups in total. The molecule has 128 valence electrons. The number of carbonyl (C=O) groups is 1. The summed E-state index contributed by atoms with van der Waals surface area (Å²) >= 11 is 1.46. The number of nitrogens with zero attached hydrogens (tertiary/aromatic N) is 3. The van der Waals surface area contributed by atoms with Crippen LogP contribution in [0.15, 0.2) is 35.7 Å². The molecule has 2 aromatic rings. The fourth-order valence-corrected chi connectivity index (χ4v) is 3.32. The number of benzene rings is 1. The first-order valence-electron chi connectivity index (χ1n) is 8.32. The number of rotatable bonds is 5. The van der Waals surface area contributed by atoms with E-state index >= 15 is 0 Å². The Labute approximate surface area is 147 Å². The van der Waals surface area contributed by atoms with Gasteiger partial charge in [-0.05, 0) is 42.9 Å².